The van der Waals surface area contributed by atoms with Gasteiger partial charge < -0.3 is 10.4 Å². The molecule has 0 aromatic carbocycles. The minimum absolute atomic E-state index is 0.197. The van der Waals surface area contributed by atoms with Gasteiger partial charge in [0.15, 0.2) is 0 Å². The third kappa shape index (κ3) is 6.44. The largest absolute Gasteiger partial charge is 0.392 e. The van der Waals surface area contributed by atoms with E-state index in [1.807, 2.05) is 11.8 Å². The molecule has 0 bridgehead atoms. The number of aliphatic hydroxyl groups is 1. The molecule has 0 saturated carbocycles. The van der Waals surface area contributed by atoms with Gasteiger partial charge in [0, 0.05) is 18.3 Å². The van der Waals surface area contributed by atoms with Crippen LogP contribution in [0.2, 0.25) is 0 Å². The molecule has 2 atom stereocenters. The molecule has 1 rings (SSSR count). The monoisotopic (exact) mass is 231 g/mol. The molecule has 0 spiro atoms. The highest BCUT2D eigenvalue weighted by molar-refractivity contribution is 7.99. The quantitative estimate of drug-likeness (QED) is 0.778. The molecule has 2 nitrogen and oxygen atoms in total. The highest BCUT2D eigenvalue weighted by Crippen LogP contribution is 2.21. The molecular weight excluding hydrogens is 206 g/mol. The smallest absolute Gasteiger partial charge is 0.0669 e. The maximum atomic E-state index is 9.85. The van der Waals surface area contributed by atoms with E-state index in [0.717, 1.165) is 13.0 Å². The average Bonchev–Trinajstić information content (AvgIpc) is 2.14. The van der Waals surface area contributed by atoms with Crippen LogP contribution in [0.5, 0.6) is 0 Å². The van der Waals surface area contributed by atoms with Crippen molar-refractivity contribution in [3.63, 3.8) is 0 Å². The zero-order valence-corrected chi connectivity index (χ0v) is 11.1. The lowest BCUT2D eigenvalue weighted by Crippen LogP contribution is -2.39. The Balaban J connectivity index is 2.12. The van der Waals surface area contributed by atoms with Gasteiger partial charge in [-0.15, -0.1) is 0 Å². The Labute approximate surface area is 98.2 Å². The third-order valence-electron chi connectivity index (χ3n) is 2.65. The van der Waals surface area contributed by atoms with E-state index in [9.17, 15) is 5.11 Å². The topological polar surface area (TPSA) is 32.3 Å². The normalized spacial score (nSPS) is 25.2. The second kappa shape index (κ2) is 6.12. The van der Waals surface area contributed by atoms with Crippen LogP contribution in [0.1, 0.15) is 40.0 Å². The molecule has 1 aliphatic rings. The first-order valence-electron chi connectivity index (χ1n) is 5.96. The van der Waals surface area contributed by atoms with E-state index in [-0.39, 0.29) is 11.5 Å². The van der Waals surface area contributed by atoms with E-state index in [2.05, 4.69) is 26.1 Å². The summed E-state index contributed by atoms with van der Waals surface area (Å²) in [6, 6.07) is 0.623. The SMILES string of the molecule is CC(C)(C)CC(O)CNC1CCCSC1. The van der Waals surface area contributed by atoms with Crippen molar-refractivity contribution >= 4 is 11.8 Å². The van der Waals surface area contributed by atoms with Crippen molar-refractivity contribution < 1.29 is 5.11 Å². The number of nitrogens with one attached hydrogen (secondary N) is 1. The van der Waals surface area contributed by atoms with Gasteiger partial charge in [-0.25, -0.2) is 0 Å². The number of hydrogen-bond donors (Lipinski definition) is 2. The maximum Gasteiger partial charge on any atom is 0.0669 e. The summed E-state index contributed by atoms with van der Waals surface area (Å²) >= 11 is 2.02. The predicted octanol–water partition coefficient (Wildman–Crippen LogP) is 2.27. The van der Waals surface area contributed by atoms with Gasteiger partial charge >= 0.3 is 0 Å². The first-order chi connectivity index (χ1) is 6.97. The zero-order valence-electron chi connectivity index (χ0n) is 10.3. The summed E-state index contributed by atoms with van der Waals surface area (Å²) in [7, 11) is 0. The van der Waals surface area contributed by atoms with Gasteiger partial charge in [0.2, 0.25) is 0 Å². The van der Waals surface area contributed by atoms with Gasteiger partial charge in [0.1, 0.15) is 0 Å². The Morgan fingerprint density at radius 2 is 2.20 bits per heavy atom. The fourth-order valence-electron chi connectivity index (χ4n) is 1.98. The fraction of sp³-hybridized carbons (Fsp3) is 1.00. The fourth-order valence-corrected chi connectivity index (χ4v) is 3.09. The Hall–Kier alpha value is 0.270. The van der Waals surface area contributed by atoms with Crippen molar-refractivity contribution in [1.82, 2.24) is 5.32 Å². The van der Waals surface area contributed by atoms with Crippen LogP contribution in [-0.2, 0) is 0 Å². The molecule has 0 aromatic rings. The van der Waals surface area contributed by atoms with Crippen LogP contribution in [0.3, 0.4) is 0 Å². The van der Waals surface area contributed by atoms with E-state index in [1.54, 1.807) is 0 Å². The maximum absolute atomic E-state index is 9.85. The van der Waals surface area contributed by atoms with E-state index < -0.39 is 0 Å². The van der Waals surface area contributed by atoms with Crippen molar-refractivity contribution in [2.75, 3.05) is 18.1 Å². The average molecular weight is 231 g/mol. The van der Waals surface area contributed by atoms with Crippen LogP contribution in [0, 0.1) is 5.41 Å². The molecule has 1 saturated heterocycles. The Morgan fingerprint density at radius 3 is 2.73 bits per heavy atom. The summed E-state index contributed by atoms with van der Waals surface area (Å²) in [6.45, 7) is 7.27. The van der Waals surface area contributed by atoms with E-state index in [1.165, 1.54) is 24.3 Å². The number of aliphatic hydroxyl groups excluding tert-OH is 1. The summed E-state index contributed by atoms with van der Waals surface area (Å²) in [5, 5.41) is 13.3. The van der Waals surface area contributed by atoms with Crippen molar-refractivity contribution in [3.8, 4) is 0 Å². The molecular formula is C12H25NOS. The second-order valence-electron chi connectivity index (χ2n) is 5.74. The molecule has 0 aliphatic carbocycles. The van der Waals surface area contributed by atoms with E-state index in [0.29, 0.717) is 6.04 Å². The summed E-state index contributed by atoms with van der Waals surface area (Å²) in [4.78, 5) is 0. The van der Waals surface area contributed by atoms with Crippen LogP contribution in [0.4, 0.5) is 0 Å². The molecule has 1 fully saturated rings. The van der Waals surface area contributed by atoms with Crippen LogP contribution >= 0.6 is 11.8 Å². The summed E-state index contributed by atoms with van der Waals surface area (Å²) < 4.78 is 0. The van der Waals surface area contributed by atoms with Crippen molar-refractivity contribution in [3.05, 3.63) is 0 Å². The summed E-state index contributed by atoms with van der Waals surface area (Å²) in [5.41, 5.74) is 0.225. The summed E-state index contributed by atoms with van der Waals surface area (Å²) in [6.07, 6.45) is 3.27. The predicted molar refractivity (Wildman–Crippen MR) is 68.4 cm³/mol. The molecule has 0 amide bonds. The van der Waals surface area contributed by atoms with Gasteiger partial charge in [0.25, 0.3) is 0 Å². The Kier molecular flexibility index (Phi) is 5.44. The highest BCUT2D eigenvalue weighted by atomic mass is 32.2. The number of rotatable bonds is 4. The van der Waals surface area contributed by atoms with Gasteiger partial charge in [-0.3, -0.25) is 0 Å². The van der Waals surface area contributed by atoms with Crippen molar-refractivity contribution in [1.29, 1.82) is 0 Å². The minimum atomic E-state index is -0.197. The summed E-state index contributed by atoms with van der Waals surface area (Å²) in [5.74, 6) is 2.52. The molecule has 0 radical (unpaired) electrons. The van der Waals surface area contributed by atoms with Crippen LogP contribution in [-0.4, -0.2) is 35.3 Å². The highest BCUT2D eigenvalue weighted by Gasteiger charge is 2.18. The van der Waals surface area contributed by atoms with Gasteiger partial charge in [-0.2, -0.15) is 11.8 Å². The van der Waals surface area contributed by atoms with Crippen molar-refractivity contribution in [2.24, 2.45) is 5.41 Å². The molecule has 90 valence electrons. The van der Waals surface area contributed by atoms with Crippen LogP contribution < -0.4 is 5.32 Å². The molecule has 1 heterocycles. The van der Waals surface area contributed by atoms with Crippen LogP contribution in [0.25, 0.3) is 0 Å². The first-order valence-corrected chi connectivity index (χ1v) is 7.12. The number of hydrogen-bond acceptors (Lipinski definition) is 3. The first kappa shape index (κ1) is 13.3. The van der Waals surface area contributed by atoms with Gasteiger partial charge in [-0.05, 0) is 30.4 Å². The lowest BCUT2D eigenvalue weighted by Gasteiger charge is -2.26. The molecule has 2 N–H and O–H groups in total. The van der Waals surface area contributed by atoms with Crippen molar-refractivity contribution in [2.45, 2.75) is 52.2 Å². The molecule has 0 aromatic heterocycles. The molecule has 3 heteroatoms. The van der Waals surface area contributed by atoms with Gasteiger partial charge in [-0.1, -0.05) is 20.8 Å². The Bertz CT molecular complexity index is 173. The van der Waals surface area contributed by atoms with Crippen LogP contribution in [0.15, 0.2) is 0 Å². The standard InChI is InChI=1S/C12H25NOS/c1-12(2,3)7-11(14)8-13-10-5-4-6-15-9-10/h10-11,13-14H,4-9H2,1-3H3. The zero-order chi connectivity index (χ0) is 11.3. The van der Waals surface area contributed by atoms with E-state index in [4.69, 9.17) is 0 Å². The minimum Gasteiger partial charge on any atom is -0.392 e. The lowest BCUT2D eigenvalue weighted by molar-refractivity contribution is 0.117. The third-order valence-corrected chi connectivity index (χ3v) is 3.87. The Morgan fingerprint density at radius 1 is 1.47 bits per heavy atom. The second-order valence-corrected chi connectivity index (χ2v) is 6.89. The molecule has 15 heavy (non-hydrogen) atoms. The lowest BCUT2D eigenvalue weighted by atomic mass is 9.89. The van der Waals surface area contributed by atoms with Gasteiger partial charge in [0.05, 0.1) is 6.10 Å². The molecule has 2 unspecified atom stereocenters. The van der Waals surface area contributed by atoms with E-state index >= 15 is 0 Å². The number of thioether (sulfide) groups is 1. The molecule has 1 aliphatic heterocycles.